The number of amides is 1. The summed E-state index contributed by atoms with van der Waals surface area (Å²) in [7, 11) is 1.33. The molecule has 120 valence electrons. The van der Waals surface area contributed by atoms with Gasteiger partial charge in [-0.05, 0) is 39.8 Å². The molecule has 2 aromatic carbocycles. The summed E-state index contributed by atoms with van der Waals surface area (Å²) in [6.07, 6.45) is 0.645. The minimum Gasteiger partial charge on any atom is -0.467 e. The molecule has 5 heteroatoms. The van der Waals surface area contributed by atoms with Crippen molar-refractivity contribution in [3.63, 3.8) is 0 Å². The quantitative estimate of drug-likeness (QED) is 0.575. The van der Waals surface area contributed by atoms with E-state index in [-0.39, 0.29) is 12.3 Å². The Morgan fingerprint density at radius 1 is 1.09 bits per heavy atom. The Bertz CT molecular complexity index is 673. The first-order chi connectivity index (χ1) is 11.1. The zero-order chi connectivity index (χ0) is 16.7. The molecule has 2 aromatic rings. The van der Waals surface area contributed by atoms with Crippen molar-refractivity contribution in [2.75, 3.05) is 7.11 Å². The number of halogens is 1. The number of nitrogens with one attached hydrogen (secondary N) is 1. The first-order valence-electron chi connectivity index (χ1n) is 7.24. The molecule has 0 bridgehead atoms. The fourth-order valence-electron chi connectivity index (χ4n) is 2.25. The molecular weight excluding hydrogens is 405 g/mol. The lowest BCUT2D eigenvalue weighted by atomic mass is 10.1. The third-order valence-corrected chi connectivity index (χ3v) is 4.46. The molecule has 0 fully saturated rings. The molecule has 0 unspecified atom stereocenters. The van der Waals surface area contributed by atoms with Crippen molar-refractivity contribution in [1.82, 2.24) is 5.32 Å². The molecule has 23 heavy (non-hydrogen) atoms. The zero-order valence-electron chi connectivity index (χ0n) is 12.8. The normalized spacial score (nSPS) is 11.6. The second kappa shape index (κ2) is 8.67. The van der Waals surface area contributed by atoms with Crippen molar-refractivity contribution in [2.45, 2.75) is 18.9 Å². The number of carbonyl (C=O) groups excluding carboxylic acids is 2. The van der Waals surface area contributed by atoms with Crippen molar-refractivity contribution in [2.24, 2.45) is 0 Å². The molecule has 1 N–H and O–H groups in total. The van der Waals surface area contributed by atoms with Crippen LogP contribution in [0.5, 0.6) is 0 Å². The predicted octanol–water partition coefficient (Wildman–Crippen LogP) is 2.73. The molecule has 0 aliphatic heterocycles. The highest BCUT2D eigenvalue weighted by atomic mass is 127. The monoisotopic (exact) mass is 423 g/mol. The van der Waals surface area contributed by atoms with E-state index in [0.29, 0.717) is 6.42 Å². The first-order valence-corrected chi connectivity index (χ1v) is 8.32. The lowest BCUT2D eigenvalue weighted by Crippen LogP contribution is -2.43. The minimum atomic E-state index is -0.688. The van der Waals surface area contributed by atoms with Crippen molar-refractivity contribution >= 4 is 34.5 Å². The highest BCUT2D eigenvalue weighted by molar-refractivity contribution is 14.1. The first kappa shape index (κ1) is 17.5. The summed E-state index contributed by atoms with van der Waals surface area (Å²) in [5.41, 5.74) is 1.91. The Morgan fingerprint density at radius 3 is 2.39 bits per heavy atom. The van der Waals surface area contributed by atoms with Gasteiger partial charge in [0.15, 0.2) is 0 Å². The van der Waals surface area contributed by atoms with Crippen molar-refractivity contribution in [3.8, 4) is 0 Å². The predicted molar refractivity (Wildman–Crippen MR) is 97.0 cm³/mol. The van der Waals surface area contributed by atoms with Crippen LogP contribution in [0.2, 0.25) is 0 Å². The molecule has 0 spiro atoms. The SMILES string of the molecule is COC(=O)[C@H](Cc1ccccc1I)NC(=O)Cc1ccccc1. The highest BCUT2D eigenvalue weighted by Crippen LogP contribution is 2.14. The van der Waals surface area contributed by atoms with Gasteiger partial charge in [0.25, 0.3) is 0 Å². The molecule has 4 nitrogen and oxygen atoms in total. The van der Waals surface area contributed by atoms with Gasteiger partial charge in [-0.2, -0.15) is 0 Å². The number of rotatable bonds is 6. The molecule has 0 heterocycles. The van der Waals surface area contributed by atoms with Crippen molar-refractivity contribution in [3.05, 3.63) is 69.3 Å². The van der Waals surface area contributed by atoms with E-state index >= 15 is 0 Å². The lowest BCUT2D eigenvalue weighted by Gasteiger charge is -2.17. The van der Waals surface area contributed by atoms with Gasteiger partial charge in [0.1, 0.15) is 6.04 Å². The van der Waals surface area contributed by atoms with Crippen LogP contribution < -0.4 is 5.32 Å². The standard InChI is InChI=1S/C18H18INO3/c1-23-18(22)16(12-14-9-5-6-10-15(14)19)20-17(21)11-13-7-3-2-4-8-13/h2-10,16H,11-12H2,1H3,(H,20,21)/t16-/m0/s1. The van der Waals surface area contributed by atoms with E-state index < -0.39 is 12.0 Å². The molecule has 0 aliphatic carbocycles. The Hall–Kier alpha value is -1.89. The zero-order valence-corrected chi connectivity index (χ0v) is 14.9. The summed E-state index contributed by atoms with van der Waals surface area (Å²) in [6, 6.07) is 16.5. The van der Waals surface area contributed by atoms with Crippen LogP contribution in [0, 0.1) is 3.57 Å². The van der Waals surface area contributed by atoms with Gasteiger partial charge in [0.05, 0.1) is 13.5 Å². The van der Waals surface area contributed by atoms with Crippen LogP contribution in [0.15, 0.2) is 54.6 Å². The van der Waals surface area contributed by atoms with Crippen LogP contribution in [0.3, 0.4) is 0 Å². The number of hydrogen-bond acceptors (Lipinski definition) is 3. The van der Waals surface area contributed by atoms with Gasteiger partial charge in [-0.3, -0.25) is 4.79 Å². The van der Waals surface area contributed by atoms with E-state index in [0.717, 1.165) is 14.7 Å². The summed E-state index contributed by atoms with van der Waals surface area (Å²) >= 11 is 2.22. The Balaban J connectivity index is 2.05. The highest BCUT2D eigenvalue weighted by Gasteiger charge is 2.22. The Kier molecular flexibility index (Phi) is 6.58. The third-order valence-electron chi connectivity index (χ3n) is 3.41. The summed E-state index contributed by atoms with van der Waals surface area (Å²) in [4.78, 5) is 24.2. The van der Waals surface area contributed by atoms with Gasteiger partial charge in [-0.15, -0.1) is 0 Å². The number of esters is 1. The maximum atomic E-state index is 12.2. The van der Waals surface area contributed by atoms with Crippen LogP contribution >= 0.6 is 22.6 Å². The molecule has 1 amide bonds. The van der Waals surface area contributed by atoms with E-state index in [1.807, 2.05) is 54.6 Å². The van der Waals surface area contributed by atoms with E-state index in [1.165, 1.54) is 7.11 Å². The van der Waals surface area contributed by atoms with Crippen LogP contribution in [-0.4, -0.2) is 25.0 Å². The average Bonchev–Trinajstić information content (AvgIpc) is 2.56. The Morgan fingerprint density at radius 2 is 1.74 bits per heavy atom. The maximum Gasteiger partial charge on any atom is 0.328 e. The molecule has 0 aliphatic rings. The average molecular weight is 423 g/mol. The van der Waals surface area contributed by atoms with E-state index in [2.05, 4.69) is 27.9 Å². The number of hydrogen-bond donors (Lipinski definition) is 1. The van der Waals surface area contributed by atoms with Crippen LogP contribution in [-0.2, 0) is 27.2 Å². The maximum absolute atomic E-state index is 12.2. The van der Waals surface area contributed by atoms with Gasteiger partial charge in [0, 0.05) is 9.99 Å². The number of benzene rings is 2. The molecule has 0 saturated heterocycles. The third kappa shape index (κ3) is 5.35. The fourth-order valence-corrected chi connectivity index (χ4v) is 2.85. The van der Waals surface area contributed by atoms with Gasteiger partial charge >= 0.3 is 5.97 Å². The number of ether oxygens (including phenoxy) is 1. The van der Waals surface area contributed by atoms with Crippen LogP contribution in [0.25, 0.3) is 0 Å². The number of methoxy groups -OCH3 is 1. The lowest BCUT2D eigenvalue weighted by molar-refractivity contribution is -0.145. The summed E-state index contributed by atoms with van der Waals surface area (Å²) in [5, 5.41) is 2.78. The van der Waals surface area contributed by atoms with Crippen molar-refractivity contribution < 1.29 is 14.3 Å². The summed E-state index contributed by atoms with van der Waals surface area (Å²) < 4.78 is 5.87. The van der Waals surface area contributed by atoms with Gasteiger partial charge in [-0.1, -0.05) is 48.5 Å². The van der Waals surface area contributed by atoms with E-state index in [1.54, 1.807) is 0 Å². The molecule has 0 saturated carbocycles. The summed E-state index contributed by atoms with van der Waals surface area (Å²) in [5.74, 6) is -0.636. The molecule has 1 atom stereocenters. The van der Waals surface area contributed by atoms with E-state index in [9.17, 15) is 9.59 Å². The van der Waals surface area contributed by atoms with Crippen LogP contribution in [0.1, 0.15) is 11.1 Å². The van der Waals surface area contributed by atoms with Crippen molar-refractivity contribution in [1.29, 1.82) is 0 Å². The summed E-state index contributed by atoms with van der Waals surface area (Å²) in [6.45, 7) is 0. The minimum absolute atomic E-state index is 0.197. The van der Waals surface area contributed by atoms with Crippen LogP contribution in [0.4, 0.5) is 0 Å². The topological polar surface area (TPSA) is 55.4 Å². The molecular formula is C18H18INO3. The van der Waals surface area contributed by atoms with Gasteiger partial charge in [0.2, 0.25) is 5.91 Å². The van der Waals surface area contributed by atoms with E-state index in [4.69, 9.17) is 4.74 Å². The second-order valence-electron chi connectivity index (χ2n) is 5.10. The smallest absolute Gasteiger partial charge is 0.328 e. The Labute approximate surface area is 149 Å². The van der Waals surface area contributed by atoms with Gasteiger partial charge in [-0.25, -0.2) is 4.79 Å². The second-order valence-corrected chi connectivity index (χ2v) is 6.26. The molecule has 2 rings (SSSR count). The fraction of sp³-hybridized carbons (Fsp3) is 0.222. The molecule has 0 aromatic heterocycles. The largest absolute Gasteiger partial charge is 0.467 e. The number of carbonyl (C=O) groups is 2. The molecule has 0 radical (unpaired) electrons. The van der Waals surface area contributed by atoms with Gasteiger partial charge < -0.3 is 10.1 Å².